The molecular formula is C18H21N. The van der Waals surface area contributed by atoms with E-state index in [0.29, 0.717) is 5.92 Å². The summed E-state index contributed by atoms with van der Waals surface area (Å²) in [6.45, 7) is 2.23. The van der Waals surface area contributed by atoms with E-state index < -0.39 is 0 Å². The molecule has 0 aromatic heterocycles. The zero-order valence-electron chi connectivity index (χ0n) is 11.9. The Morgan fingerprint density at radius 2 is 1.53 bits per heavy atom. The highest BCUT2D eigenvalue weighted by atomic mass is 15.1. The number of nitrogens with zero attached hydrogens (tertiary/aromatic N) is 1. The fraction of sp³-hybridized carbons (Fsp3) is 0.222. The van der Waals surface area contributed by atoms with Gasteiger partial charge in [-0.15, -0.1) is 0 Å². The first-order valence-electron chi connectivity index (χ1n) is 6.67. The van der Waals surface area contributed by atoms with E-state index in [1.165, 1.54) is 16.8 Å². The Morgan fingerprint density at radius 3 is 2.11 bits per heavy atom. The lowest BCUT2D eigenvalue weighted by Crippen LogP contribution is -2.08. The zero-order valence-corrected chi connectivity index (χ0v) is 11.9. The minimum Gasteiger partial charge on any atom is -0.378 e. The first-order chi connectivity index (χ1) is 9.16. The molecule has 2 rings (SSSR count). The number of benzene rings is 2. The van der Waals surface area contributed by atoms with Gasteiger partial charge >= 0.3 is 0 Å². The molecule has 0 saturated heterocycles. The normalized spacial score (nSPS) is 12.6. The highest BCUT2D eigenvalue weighted by molar-refractivity contribution is 5.51. The maximum atomic E-state index is 2.25. The lowest BCUT2D eigenvalue weighted by molar-refractivity contribution is 0.971. The molecule has 0 spiro atoms. The van der Waals surface area contributed by atoms with Crippen molar-refractivity contribution < 1.29 is 0 Å². The van der Waals surface area contributed by atoms with Crippen molar-refractivity contribution in [3.63, 3.8) is 0 Å². The molecule has 2 aromatic rings. The Balaban J connectivity index is 2.07. The average Bonchev–Trinajstić information content (AvgIpc) is 2.46. The largest absolute Gasteiger partial charge is 0.378 e. The monoisotopic (exact) mass is 251 g/mol. The quantitative estimate of drug-likeness (QED) is 0.769. The average molecular weight is 251 g/mol. The van der Waals surface area contributed by atoms with Crippen molar-refractivity contribution in [3.8, 4) is 0 Å². The SMILES string of the molecule is CC(/C=C/c1ccccc1)c1ccc(N(C)C)cc1. The molecule has 1 unspecified atom stereocenters. The van der Waals surface area contributed by atoms with Crippen molar-refractivity contribution in [2.24, 2.45) is 0 Å². The summed E-state index contributed by atoms with van der Waals surface area (Å²) in [5.41, 5.74) is 3.83. The van der Waals surface area contributed by atoms with Crippen LogP contribution in [0.3, 0.4) is 0 Å². The highest BCUT2D eigenvalue weighted by Crippen LogP contribution is 2.21. The Hall–Kier alpha value is -2.02. The summed E-state index contributed by atoms with van der Waals surface area (Å²) in [7, 11) is 4.13. The predicted molar refractivity (Wildman–Crippen MR) is 84.7 cm³/mol. The number of rotatable bonds is 4. The van der Waals surface area contributed by atoms with E-state index >= 15 is 0 Å². The van der Waals surface area contributed by atoms with Gasteiger partial charge in [0.05, 0.1) is 0 Å². The van der Waals surface area contributed by atoms with Crippen molar-refractivity contribution in [1.82, 2.24) is 0 Å². The fourth-order valence-corrected chi connectivity index (χ4v) is 2.01. The van der Waals surface area contributed by atoms with Crippen molar-refractivity contribution in [3.05, 3.63) is 71.8 Å². The molecule has 0 radical (unpaired) electrons. The van der Waals surface area contributed by atoms with E-state index in [2.05, 4.69) is 86.6 Å². The topological polar surface area (TPSA) is 3.24 Å². The Bertz CT molecular complexity index is 523. The molecule has 0 aliphatic rings. The standard InChI is InChI=1S/C18H21N/c1-15(9-10-16-7-5-4-6-8-16)17-11-13-18(14-12-17)19(2)3/h4-15H,1-3H3/b10-9+. The Kier molecular flexibility index (Phi) is 4.40. The lowest BCUT2D eigenvalue weighted by atomic mass is 9.99. The fourth-order valence-electron chi connectivity index (χ4n) is 2.01. The second-order valence-electron chi connectivity index (χ2n) is 5.04. The third-order valence-corrected chi connectivity index (χ3v) is 3.31. The van der Waals surface area contributed by atoms with Gasteiger partial charge in [-0.05, 0) is 29.2 Å². The van der Waals surface area contributed by atoms with Crippen LogP contribution in [-0.4, -0.2) is 14.1 Å². The number of anilines is 1. The first-order valence-corrected chi connectivity index (χ1v) is 6.67. The number of hydrogen-bond donors (Lipinski definition) is 0. The first kappa shape index (κ1) is 13.4. The van der Waals surface area contributed by atoms with Crippen molar-refractivity contribution in [1.29, 1.82) is 0 Å². The third-order valence-electron chi connectivity index (χ3n) is 3.31. The molecule has 0 heterocycles. The molecule has 0 aliphatic heterocycles. The number of hydrogen-bond acceptors (Lipinski definition) is 1. The van der Waals surface area contributed by atoms with Crippen LogP contribution in [0.4, 0.5) is 5.69 Å². The van der Waals surface area contributed by atoms with Gasteiger partial charge in [-0.1, -0.05) is 61.5 Å². The minimum atomic E-state index is 0.427. The smallest absolute Gasteiger partial charge is 0.0361 e. The molecule has 1 atom stereocenters. The third kappa shape index (κ3) is 3.72. The van der Waals surface area contributed by atoms with Crippen LogP contribution in [-0.2, 0) is 0 Å². The van der Waals surface area contributed by atoms with Crippen LogP contribution < -0.4 is 4.90 Å². The maximum Gasteiger partial charge on any atom is 0.0361 e. The van der Waals surface area contributed by atoms with Gasteiger partial charge in [0.1, 0.15) is 0 Å². The highest BCUT2D eigenvalue weighted by Gasteiger charge is 2.02. The molecule has 0 N–H and O–H groups in total. The van der Waals surface area contributed by atoms with Gasteiger partial charge in [-0.3, -0.25) is 0 Å². The molecule has 1 heteroatoms. The van der Waals surface area contributed by atoms with E-state index in [4.69, 9.17) is 0 Å². The molecule has 98 valence electrons. The minimum absolute atomic E-state index is 0.427. The maximum absolute atomic E-state index is 2.25. The van der Waals surface area contributed by atoms with Gasteiger partial charge < -0.3 is 4.90 Å². The molecule has 0 fully saturated rings. The second kappa shape index (κ2) is 6.24. The summed E-state index contributed by atoms with van der Waals surface area (Å²) < 4.78 is 0. The van der Waals surface area contributed by atoms with Crippen LogP contribution in [0.5, 0.6) is 0 Å². The molecule has 1 nitrogen and oxygen atoms in total. The molecule has 0 saturated carbocycles. The van der Waals surface area contributed by atoms with E-state index in [0.717, 1.165) is 0 Å². The van der Waals surface area contributed by atoms with Gasteiger partial charge in [0.15, 0.2) is 0 Å². The summed E-state index contributed by atoms with van der Waals surface area (Å²) in [6.07, 6.45) is 4.44. The van der Waals surface area contributed by atoms with Gasteiger partial charge in [-0.25, -0.2) is 0 Å². The van der Waals surface area contributed by atoms with Gasteiger partial charge in [0, 0.05) is 19.8 Å². The molecule has 0 amide bonds. The van der Waals surface area contributed by atoms with E-state index in [1.54, 1.807) is 0 Å². The van der Waals surface area contributed by atoms with Crippen LogP contribution in [0.15, 0.2) is 60.7 Å². The Morgan fingerprint density at radius 1 is 0.895 bits per heavy atom. The van der Waals surface area contributed by atoms with Crippen molar-refractivity contribution >= 4 is 11.8 Å². The van der Waals surface area contributed by atoms with Crippen LogP contribution in [0, 0.1) is 0 Å². The van der Waals surface area contributed by atoms with Crippen LogP contribution in [0.1, 0.15) is 24.0 Å². The van der Waals surface area contributed by atoms with E-state index in [1.807, 2.05) is 6.07 Å². The van der Waals surface area contributed by atoms with Crippen molar-refractivity contribution in [2.45, 2.75) is 12.8 Å². The summed E-state index contributed by atoms with van der Waals surface area (Å²) in [6, 6.07) is 19.2. The molecule has 2 aromatic carbocycles. The van der Waals surface area contributed by atoms with Gasteiger partial charge in [0.25, 0.3) is 0 Å². The van der Waals surface area contributed by atoms with Crippen LogP contribution in [0.2, 0.25) is 0 Å². The molecule has 0 aliphatic carbocycles. The Labute approximate surface area is 116 Å². The summed E-state index contributed by atoms with van der Waals surface area (Å²) in [5.74, 6) is 0.427. The molecular weight excluding hydrogens is 230 g/mol. The lowest BCUT2D eigenvalue weighted by Gasteiger charge is -2.14. The van der Waals surface area contributed by atoms with E-state index in [9.17, 15) is 0 Å². The summed E-state index contributed by atoms with van der Waals surface area (Å²) >= 11 is 0. The number of allylic oxidation sites excluding steroid dienone is 1. The summed E-state index contributed by atoms with van der Waals surface area (Å²) in [4.78, 5) is 2.12. The van der Waals surface area contributed by atoms with Crippen molar-refractivity contribution in [2.75, 3.05) is 19.0 Å². The van der Waals surface area contributed by atoms with Gasteiger partial charge in [0.2, 0.25) is 0 Å². The van der Waals surface area contributed by atoms with Gasteiger partial charge in [-0.2, -0.15) is 0 Å². The van der Waals surface area contributed by atoms with Crippen LogP contribution in [0.25, 0.3) is 6.08 Å². The second-order valence-corrected chi connectivity index (χ2v) is 5.04. The zero-order chi connectivity index (χ0) is 13.7. The molecule has 19 heavy (non-hydrogen) atoms. The van der Waals surface area contributed by atoms with Crippen LogP contribution >= 0.6 is 0 Å². The van der Waals surface area contributed by atoms with E-state index in [-0.39, 0.29) is 0 Å². The summed E-state index contributed by atoms with van der Waals surface area (Å²) in [5, 5.41) is 0. The predicted octanol–water partition coefficient (Wildman–Crippen LogP) is 4.57. The molecule has 0 bridgehead atoms.